The molecule has 3 rings (SSSR count). The van der Waals surface area contributed by atoms with E-state index >= 15 is 0 Å². The minimum atomic E-state index is -0.270. The number of halogens is 1. The highest BCUT2D eigenvalue weighted by Gasteiger charge is 2.21. The van der Waals surface area contributed by atoms with Crippen molar-refractivity contribution < 1.29 is 14.3 Å². The van der Waals surface area contributed by atoms with E-state index in [9.17, 15) is 4.79 Å². The number of carbonyl (C=O) groups is 1. The number of carbonyl (C=O) groups excluding carboxylic acids is 1. The number of ether oxygens (including phenoxy) is 2. The van der Waals surface area contributed by atoms with E-state index in [1.54, 1.807) is 0 Å². The Morgan fingerprint density at radius 3 is 2.59 bits per heavy atom. The average Bonchev–Trinajstić information content (AvgIpc) is 3.03. The number of benzene rings is 1. The summed E-state index contributed by atoms with van der Waals surface area (Å²) < 4.78 is 11.2. The molecule has 1 heterocycles. The van der Waals surface area contributed by atoms with Gasteiger partial charge in [-0.15, -0.1) is 12.4 Å². The van der Waals surface area contributed by atoms with E-state index in [0.29, 0.717) is 25.9 Å². The van der Waals surface area contributed by atoms with Crippen molar-refractivity contribution in [1.29, 1.82) is 0 Å². The molecule has 6 heteroatoms. The van der Waals surface area contributed by atoms with Crippen molar-refractivity contribution in [3.63, 3.8) is 0 Å². The molecule has 2 fully saturated rings. The quantitative estimate of drug-likeness (QED) is 0.891. The predicted octanol–water partition coefficient (Wildman–Crippen LogP) is 2.36. The summed E-state index contributed by atoms with van der Waals surface area (Å²) in [5, 5.41) is 6.03. The summed E-state index contributed by atoms with van der Waals surface area (Å²) in [6.45, 7) is 1.80. The molecule has 1 amide bonds. The molecule has 1 saturated heterocycles. The molecule has 1 aromatic rings. The maximum Gasteiger partial charge on any atom is 0.243 e. The molecule has 1 unspecified atom stereocenters. The van der Waals surface area contributed by atoms with Gasteiger partial charge in [0.15, 0.2) is 0 Å². The summed E-state index contributed by atoms with van der Waals surface area (Å²) in [5.74, 6) is 0.818. The summed E-state index contributed by atoms with van der Waals surface area (Å²) in [6, 6.07) is 7.32. The molecular formula is C16H23ClN2O3. The van der Waals surface area contributed by atoms with Gasteiger partial charge in [0.05, 0.1) is 19.3 Å². The van der Waals surface area contributed by atoms with Crippen molar-refractivity contribution in [3.05, 3.63) is 24.3 Å². The van der Waals surface area contributed by atoms with Crippen molar-refractivity contribution in [2.24, 2.45) is 0 Å². The first-order valence-electron chi connectivity index (χ1n) is 7.70. The Bertz CT molecular complexity index is 469. The van der Waals surface area contributed by atoms with Gasteiger partial charge in [0.25, 0.3) is 0 Å². The summed E-state index contributed by atoms with van der Waals surface area (Å²) in [6.07, 6.45) is 5.16. The van der Waals surface area contributed by atoms with E-state index in [4.69, 9.17) is 9.47 Å². The first-order chi connectivity index (χ1) is 10.3. The largest absolute Gasteiger partial charge is 0.490 e. The van der Waals surface area contributed by atoms with Crippen LogP contribution in [0.4, 0.5) is 5.69 Å². The Balaban J connectivity index is 0.00000176. The molecule has 5 nitrogen and oxygen atoms in total. The van der Waals surface area contributed by atoms with E-state index in [-0.39, 0.29) is 24.4 Å². The number of amides is 1. The zero-order valence-electron chi connectivity index (χ0n) is 12.5. The average molecular weight is 327 g/mol. The lowest BCUT2D eigenvalue weighted by molar-refractivity contribution is -0.120. The van der Waals surface area contributed by atoms with Gasteiger partial charge in [0.2, 0.25) is 5.91 Å². The molecule has 1 aromatic carbocycles. The molecule has 1 saturated carbocycles. The van der Waals surface area contributed by atoms with Crippen LogP contribution >= 0.6 is 12.4 Å². The van der Waals surface area contributed by atoms with Gasteiger partial charge in [-0.25, -0.2) is 0 Å². The second-order valence-corrected chi connectivity index (χ2v) is 5.62. The van der Waals surface area contributed by atoms with Crippen LogP contribution in [-0.4, -0.2) is 37.8 Å². The van der Waals surface area contributed by atoms with E-state index in [2.05, 4.69) is 10.6 Å². The molecule has 0 spiro atoms. The van der Waals surface area contributed by atoms with Crippen molar-refractivity contribution in [1.82, 2.24) is 5.32 Å². The minimum Gasteiger partial charge on any atom is -0.490 e. The molecule has 122 valence electrons. The number of nitrogens with one attached hydrogen (secondary N) is 2. The third-order valence-electron chi connectivity index (χ3n) is 3.96. The van der Waals surface area contributed by atoms with E-state index < -0.39 is 0 Å². The number of anilines is 1. The van der Waals surface area contributed by atoms with Crippen LogP contribution < -0.4 is 15.4 Å². The molecule has 0 aromatic heterocycles. The lowest BCUT2D eigenvalue weighted by atomic mass is 10.2. The fourth-order valence-corrected chi connectivity index (χ4v) is 2.78. The molecule has 2 N–H and O–H groups in total. The molecule has 1 atom stereocenters. The fraction of sp³-hybridized carbons (Fsp3) is 0.562. The lowest BCUT2D eigenvalue weighted by Crippen LogP contribution is -2.48. The normalized spacial score (nSPS) is 21.9. The van der Waals surface area contributed by atoms with Crippen LogP contribution in [0.15, 0.2) is 24.3 Å². The minimum absolute atomic E-state index is 0. The molecule has 1 aliphatic carbocycles. The van der Waals surface area contributed by atoms with Gasteiger partial charge in [0.1, 0.15) is 11.8 Å². The Kier molecular flexibility index (Phi) is 6.49. The van der Waals surface area contributed by atoms with Gasteiger partial charge in [-0.05, 0) is 49.9 Å². The van der Waals surface area contributed by atoms with E-state index in [1.165, 1.54) is 12.8 Å². The zero-order valence-corrected chi connectivity index (χ0v) is 13.4. The maximum atomic E-state index is 12.0. The monoisotopic (exact) mass is 326 g/mol. The summed E-state index contributed by atoms with van der Waals surface area (Å²) >= 11 is 0. The SMILES string of the molecule is Cl.O=C(Nc1ccc(OC2CCCC2)cc1)C1COCCN1. The lowest BCUT2D eigenvalue weighted by Gasteiger charge is -2.23. The molecular weight excluding hydrogens is 304 g/mol. The highest BCUT2D eigenvalue weighted by molar-refractivity contribution is 5.95. The van der Waals surface area contributed by atoms with Crippen LogP contribution in [0.25, 0.3) is 0 Å². The van der Waals surface area contributed by atoms with Gasteiger partial charge in [-0.2, -0.15) is 0 Å². The zero-order chi connectivity index (χ0) is 14.5. The van der Waals surface area contributed by atoms with Crippen molar-refractivity contribution >= 4 is 24.0 Å². The highest BCUT2D eigenvalue weighted by atomic mass is 35.5. The third kappa shape index (κ3) is 4.60. The number of morpholine rings is 1. The van der Waals surface area contributed by atoms with E-state index in [1.807, 2.05) is 24.3 Å². The van der Waals surface area contributed by atoms with Gasteiger partial charge in [0, 0.05) is 12.2 Å². The Hall–Kier alpha value is -1.30. The van der Waals surface area contributed by atoms with Gasteiger partial charge in [-0.3, -0.25) is 4.79 Å². The van der Waals surface area contributed by atoms with E-state index in [0.717, 1.165) is 24.3 Å². The molecule has 0 bridgehead atoms. The first kappa shape index (κ1) is 17.1. The smallest absolute Gasteiger partial charge is 0.243 e. The number of hydrogen-bond donors (Lipinski definition) is 2. The molecule has 1 aliphatic heterocycles. The number of hydrogen-bond acceptors (Lipinski definition) is 4. The standard InChI is InChI=1S/C16H22N2O3.ClH/c19-16(15-11-20-10-9-17-15)18-12-5-7-14(8-6-12)21-13-3-1-2-4-13;/h5-8,13,15,17H,1-4,9-11H2,(H,18,19);1H. The molecule has 22 heavy (non-hydrogen) atoms. The molecule has 0 radical (unpaired) electrons. The third-order valence-corrected chi connectivity index (χ3v) is 3.96. The Morgan fingerprint density at radius 2 is 1.95 bits per heavy atom. The molecule has 2 aliphatic rings. The topological polar surface area (TPSA) is 59.6 Å². The van der Waals surface area contributed by atoms with Crippen LogP contribution in [0.1, 0.15) is 25.7 Å². The highest BCUT2D eigenvalue weighted by Crippen LogP contribution is 2.25. The van der Waals surface area contributed by atoms with Gasteiger partial charge >= 0.3 is 0 Å². The maximum absolute atomic E-state index is 12.0. The second-order valence-electron chi connectivity index (χ2n) is 5.62. The van der Waals surface area contributed by atoms with Crippen molar-refractivity contribution in [2.75, 3.05) is 25.1 Å². The van der Waals surface area contributed by atoms with Crippen LogP contribution in [0, 0.1) is 0 Å². The van der Waals surface area contributed by atoms with Gasteiger partial charge < -0.3 is 20.1 Å². The Labute approximate surface area is 137 Å². The van der Waals surface area contributed by atoms with Crippen LogP contribution in [0.3, 0.4) is 0 Å². The predicted molar refractivity (Wildman–Crippen MR) is 87.8 cm³/mol. The first-order valence-corrected chi connectivity index (χ1v) is 7.70. The Morgan fingerprint density at radius 1 is 1.23 bits per heavy atom. The van der Waals surface area contributed by atoms with Crippen molar-refractivity contribution in [3.8, 4) is 5.75 Å². The summed E-state index contributed by atoms with van der Waals surface area (Å²) in [4.78, 5) is 12.0. The van der Waals surface area contributed by atoms with Gasteiger partial charge in [-0.1, -0.05) is 0 Å². The summed E-state index contributed by atoms with van der Waals surface area (Å²) in [5.41, 5.74) is 0.783. The van der Waals surface area contributed by atoms with Crippen LogP contribution in [0.2, 0.25) is 0 Å². The fourth-order valence-electron chi connectivity index (χ4n) is 2.78. The van der Waals surface area contributed by atoms with Crippen LogP contribution in [-0.2, 0) is 9.53 Å². The van der Waals surface area contributed by atoms with Crippen molar-refractivity contribution in [2.45, 2.75) is 37.8 Å². The summed E-state index contributed by atoms with van der Waals surface area (Å²) in [7, 11) is 0. The van der Waals surface area contributed by atoms with Crippen LogP contribution in [0.5, 0.6) is 5.75 Å². The number of rotatable bonds is 4. The second kappa shape index (κ2) is 8.36.